The number of hydrogen-bond donors (Lipinski definition) is 0. The Labute approximate surface area is 224 Å². The predicted octanol–water partition coefficient (Wildman–Crippen LogP) is 5.00. The molecule has 3 spiro atoms. The molecular weight excluding hydrogens is 472 g/mol. The smallest absolute Gasteiger partial charge is 0.172 e. The fourth-order valence-electron chi connectivity index (χ4n) is 7.52. The van der Waals surface area contributed by atoms with Gasteiger partial charge in [0.2, 0.25) is 0 Å². The van der Waals surface area contributed by atoms with E-state index >= 15 is 0 Å². The Morgan fingerprint density at radius 3 is 1.08 bits per heavy atom. The van der Waals surface area contributed by atoms with Crippen molar-refractivity contribution in [3.05, 3.63) is 25.3 Å². The molecule has 4 fully saturated rings. The Bertz CT molecular complexity index is 737. The zero-order chi connectivity index (χ0) is 27.4. The second-order valence-electron chi connectivity index (χ2n) is 14.2. The van der Waals surface area contributed by atoms with Gasteiger partial charge in [0.05, 0.1) is 45.1 Å². The number of rotatable bonds is 6. The van der Waals surface area contributed by atoms with Gasteiger partial charge in [0, 0.05) is 47.8 Å². The van der Waals surface area contributed by atoms with Crippen LogP contribution in [-0.4, -0.2) is 83.5 Å². The molecule has 4 aliphatic heterocycles. The molecule has 4 aliphatic rings. The molecule has 0 unspecified atom stereocenters. The summed E-state index contributed by atoms with van der Waals surface area (Å²) in [5, 5.41) is 4.19. The number of hydrogen-bond acceptors (Lipinski definition) is 8. The minimum absolute atomic E-state index is 0.266. The third kappa shape index (κ3) is 5.59. The van der Waals surface area contributed by atoms with E-state index in [0.29, 0.717) is 65.3 Å². The van der Waals surface area contributed by atoms with E-state index in [1.165, 1.54) is 0 Å². The fraction of sp³-hybridized carbons (Fsp3) is 0.862. The van der Waals surface area contributed by atoms with Crippen LogP contribution in [0.15, 0.2) is 25.3 Å². The molecule has 4 saturated heterocycles. The van der Waals surface area contributed by atoms with Gasteiger partial charge in [0.25, 0.3) is 0 Å². The molecule has 37 heavy (non-hydrogen) atoms. The van der Waals surface area contributed by atoms with E-state index in [2.05, 4.69) is 78.7 Å². The van der Waals surface area contributed by atoms with Gasteiger partial charge in [-0.3, -0.25) is 9.68 Å². The van der Waals surface area contributed by atoms with Crippen molar-refractivity contribution in [3.8, 4) is 0 Å². The first-order valence-corrected chi connectivity index (χ1v) is 13.7. The zero-order valence-corrected chi connectivity index (χ0v) is 24.5. The first kappa shape index (κ1) is 29.2. The Morgan fingerprint density at radius 1 is 0.568 bits per heavy atom. The van der Waals surface area contributed by atoms with E-state index in [9.17, 15) is 0 Å². The number of ether oxygens (including phenoxy) is 4. The van der Waals surface area contributed by atoms with E-state index in [1.54, 1.807) is 12.2 Å². The van der Waals surface area contributed by atoms with Gasteiger partial charge < -0.3 is 18.9 Å². The molecule has 8 heteroatoms. The highest BCUT2D eigenvalue weighted by atomic mass is 16.7. The van der Waals surface area contributed by atoms with E-state index < -0.39 is 11.6 Å². The van der Waals surface area contributed by atoms with Crippen molar-refractivity contribution < 1.29 is 28.6 Å². The van der Waals surface area contributed by atoms with E-state index in [1.807, 2.05) is 0 Å². The number of piperidine rings is 2. The van der Waals surface area contributed by atoms with Crippen LogP contribution >= 0.6 is 0 Å². The Hall–Kier alpha value is -0.840. The van der Waals surface area contributed by atoms with Crippen molar-refractivity contribution >= 4 is 0 Å². The predicted molar refractivity (Wildman–Crippen MR) is 142 cm³/mol. The van der Waals surface area contributed by atoms with Crippen LogP contribution in [0.5, 0.6) is 0 Å². The van der Waals surface area contributed by atoms with Crippen molar-refractivity contribution in [1.82, 2.24) is 10.1 Å². The summed E-state index contributed by atoms with van der Waals surface area (Å²) < 4.78 is 26.5. The molecule has 0 aromatic rings. The monoisotopic (exact) mass is 522 g/mol. The highest BCUT2D eigenvalue weighted by Crippen LogP contribution is 2.52. The van der Waals surface area contributed by atoms with Gasteiger partial charge in [-0.05, 0) is 55.4 Å². The van der Waals surface area contributed by atoms with Gasteiger partial charge in [0.15, 0.2) is 11.6 Å². The van der Waals surface area contributed by atoms with Crippen LogP contribution in [0.3, 0.4) is 0 Å². The SMILES string of the molecule is C=CCON1C(C)(C)CC2(CC1(C)C)OCC1(CO2)COC2(CC(C)(C)N(OCC=C)C(C)(C)C2)OC1. The van der Waals surface area contributed by atoms with Crippen molar-refractivity contribution in [2.24, 2.45) is 5.41 Å². The Kier molecular flexibility index (Phi) is 7.61. The Balaban J connectivity index is 1.41. The first-order chi connectivity index (χ1) is 17.0. The van der Waals surface area contributed by atoms with E-state index in [-0.39, 0.29) is 27.6 Å². The van der Waals surface area contributed by atoms with Gasteiger partial charge in [0.1, 0.15) is 0 Å². The molecule has 0 aliphatic carbocycles. The normalized spacial score (nSPS) is 31.4. The summed E-state index contributed by atoms with van der Waals surface area (Å²) >= 11 is 0. The molecule has 0 radical (unpaired) electrons. The number of nitrogens with zero attached hydrogens (tertiary/aromatic N) is 2. The topological polar surface area (TPSA) is 61.9 Å². The van der Waals surface area contributed by atoms with E-state index in [4.69, 9.17) is 28.6 Å². The zero-order valence-electron chi connectivity index (χ0n) is 24.5. The lowest BCUT2D eigenvalue weighted by Crippen LogP contribution is -2.71. The van der Waals surface area contributed by atoms with Crippen LogP contribution in [0, 0.1) is 5.41 Å². The second kappa shape index (κ2) is 9.66. The van der Waals surface area contributed by atoms with Gasteiger partial charge >= 0.3 is 0 Å². The van der Waals surface area contributed by atoms with Crippen LogP contribution in [-0.2, 0) is 28.6 Å². The molecular formula is C29H50N2O6. The van der Waals surface area contributed by atoms with E-state index in [0.717, 1.165) is 0 Å². The standard InChI is InChI=1S/C29H50N2O6/c1-11-13-36-30-23(3,4)15-28(16-24(30,5)6)32-19-27(20-33-28)21-34-29(35-22-27)17-25(7,8)31(37-14-12-2)26(9,10)18-29/h11-12H,1-2,13-22H2,3-10H3. The second-order valence-corrected chi connectivity index (χ2v) is 14.2. The molecule has 0 aromatic carbocycles. The molecule has 0 aromatic heterocycles. The number of hydroxylamine groups is 4. The Morgan fingerprint density at radius 2 is 0.838 bits per heavy atom. The highest BCUT2D eigenvalue weighted by Gasteiger charge is 2.61. The quantitative estimate of drug-likeness (QED) is 0.452. The molecule has 4 rings (SSSR count). The molecule has 212 valence electrons. The highest BCUT2D eigenvalue weighted by molar-refractivity contribution is 5.06. The first-order valence-electron chi connectivity index (χ1n) is 13.7. The molecule has 8 nitrogen and oxygen atoms in total. The lowest BCUT2D eigenvalue weighted by molar-refractivity contribution is -0.418. The summed E-state index contributed by atoms with van der Waals surface area (Å²) in [6.07, 6.45) is 6.42. The molecule has 0 bridgehead atoms. The average molecular weight is 523 g/mol. The maximum Gasteiger partial charge on any atom is 0.172 e. The van der Waals surface area contributed by atoms with Gasteiger partial charge in [-0.15, -0.1) is 13.2 Å². The van der Waals surface area contributed by atoms with Crippen LogP contribution in [0.4, 0.5) is 0 Å². The summed E-state index contributed by atoms with van der Waals surface area (Å²) in [4.78, 5) is 12.2. The van der Waals surface area contributed by atoms with Gasteiger partial charge in [-0.25, -0.2) is 0 Å². The van der Waals surface area contributed by atoms with Crippen molar-refractivity contribution in [2.45, 2.75) is 115 Å². The van der Waals surface area contributed by atoms with Crippen LogP contribution in [0.25, 0.3) is 0 Å². The van der Waals surface area contributed by atoms with Crippen LogP contribution in [0.1, 0.15) is 81.1 Å². The maximum absolute atomic E-state index is 6.62. The van der Waals surface area contributed by atoms with Crippen molar-refractivity contribution in [3.63, 3.8) is 0 Å². The average Bonchev–Trinajstić information content (AvgIpc) is 2.75. The maximum atomic E-state index is 6.62. The molecule has 0 atom stereocenters. The third-order valence-electron chi connectivity index (χ3n) is 8.22. The summed E-state index contributed by atoms with van der Waals surface area (Å²) in [6, 6.07) is 0. The molecule has 0 N–H and O–H groups in total. The summed E-state index contributed by atoms with van der Waals surface area (Å²) in [5.74, 6) is -1.31. The molecule has 0 saturated carbocycles. The van der Waals surface area contributed by atoms with Crippen molar-refractivity contribution in [1.29, 1.82) is 0 Å². The summed E-state index contributed by atoms with van der Waals surface area (Å²) in [6.45, 7) is 28.2. The van der Waals surface area contributed by atoms with Crippen molar-refractivity contribution in [2.75, 3.05) is 39.6 Å². The largest absolute Gasteiger partial charge is 0.349 e. The summed E-state index contributed by atoms with van der Waals surface area (Å²) in [7, 11) is 0. The van der Waals surface area contributed by atoms with Gasteiger partial charge in [-0.1, -0.05) is 12.2 Å². The lowest BCUT2D eigenvalue weighted by atomic mass is 9.75. The third-order valence-corrected chi connectivity index (χ3v) is 8.22. The van der Waals surface area contributed by atoms with Crippen LogP contribution < -0.4 is 0 Å². The fourth-order valence-corrected chi connectivity index (χ4v) is 7.52. The molecule has 0 amide bonds. The minimum atomic E-state index is -0.654. The van der Waals surface area contributed by atoms with Crippen LogP contribution in [0.2, 0.25) is 0 Å². The van der Waals surface area contributed by atoms with Gasteiger partial charge in [-0.2, -0.15) is 10.1 Å². The summed E-state index contributed by atoms with van der Waals surface area (Å²) in [5.41, 5.74) is -1.38. The lowest BCUT2D eigenvalue weighted by Gasteiger charge is -2.61. The minimum Gasteiger partial charge on any atom is -0.349 e. The molecule has 4 heterocycles.